The Bertz CT molecular complexity index is 3570. The van der Waals surface area contributed by atoms with Crippen LogP contribution in [0.1, 0.15) is 0 Å². The van der Waals surface area contributed by atoms with Gasteiger partial charge in [-0.1, -0.05) is 140 Å². The average Bonchev–Trinajstić information content (AvgIpc) is 3.84. The van der Waals surface area contributed by atoms with Gasteiger partial charge in [-0.2, -0.15) is 0 Å². The molecule has 0 saturated heterocycles. The zero-order valence-electron chi connectivity index (χ0n) is 32.6. The maximum Gasteiger partial charge on any atom is 0.0973 e. The summed E-state index contributed by atoms with van der Waals surface area (Å²) in [6.07, 6.45) is 0. The van der Waals surface area contributed by atoms with Gasteiger partial charge in [0.15, 0.2) is 0 Å². The average molecular weight is 765 g/mol. The molecular weight excluding hydrogens is 729 g/mol. The lowest BCUT2D eigenvalue weighted by Gasteiger charge is -2.12. The first kappa shape index (κ1) is 34.0. The molecule has 3 aromatic heterocycles. The first-order chi connectivity index (χ1) is 29.7. The van der Waals surface area contributed by atoms with Crippen molar-refractivity contribution in [1.29, 1.82) is 0 Å². The van der Waals surface area contributed by atoms with E-state index in [4.69, 9.17) is 9.97 Å². The Labute approximate surface area is 346 Å². The van der Waals surface area contributed by atoms with E-state index in [0.29, 0.717) is 0 Å². The Morgan fingerprint density at radius 3 is 1.17 bits per heavy atom. The van der Waals surface area contributed by atoms with Crippen LogP contribution in [0.4, 0.5) is 0 Å². The predicted octanol–water partition coefficient (Wildman–Crippen LogP) is 14.5. The molecule has 4 heteroatoms. The lowest BCUT2D eigenvalue weighted by atomic mass is 9.99. The highest BCUT2D eigenvalue weighted by Gasteiger charge is 2.18. The Kier molecular flexibility index (Phi) is 7.82. The summed E-state index contributed by atoms with van der Waals surface area (Å²) >= 11 is 0. The van der Waals surface area contributed by atoms with Crippen molar-refractivity contribution >= 4 is 54.6 Å². The van der Waals surface area contributed by atoms with Crippen molar-refractivity contribution < 1.29 is 0 Å². The molecule has 60 heavy (non-hydrogen) atoms. The number of fused-ring (bicyclic) bond motifs is 7. The molecule has 0 fully saturated rings. The fourth-order valence-electron chi connectivity index (χ4n) is 9.07. The smallest absolute Gasteiger partial charge is 0.0973 e. The van der Waals surface area contributed by atoms with Gasteiger partial charge in [-0.25, -0.2) is 9.97 Å². The van der Waals surface area contributed by atoms with E-state index >= 15 is 0 Å². The van der Waals surface area contributed by atoms with Gasteiger partial charge in [0.1, 0.15) is 0 Å². The number of aromatic nitrogens is 4. The minimum atomic E-state index is 0.874. The van der Waals surface area contributed by atoms with Crippen LogP contribution in [0.2, 0.25) is 0 Å². The van der Waals surface area contributed by atoms with Gasteiger partial charge < -0.3 is 9.13 Å². The van der Waals surface area contributed by atoms with Crippen molar-refractivity contribution in [2.45, 2.75) is 0 Å². The highest BCUT2D eigenvalue weighted by Crippen LogP contribution is 2.40. The molecule has 3 heterocycles. The summed E-state index contributed by atoms with van der Waals surface area (Å²) in [6.45, 7) is 0. The Hall–Kier alpha value is -8.08. The Morgan fingerprint density at radius 1 is 0.250 bits per heavy atom. The molecule has 0 aliphatic heterocycles. The van der Waals surface area contributed by atoms with Crippen LogP contribution in [-0.4, -0.2) is 19.1 Å². The first-order valence-electron chi connectivity index (χ1n) is 20.4. The van der Waals surface area contributed by atoms with Crippen LogP contribution in [-0.2, 0) is 0 Å². The van der Waals surface area contributed by atoms with Crippen molar-refractivity contribution in [3.8, 4) is 56.1 Å². The fourth-order valence-corrected chi connectivity index (χ4v) is 9.07. The minimum absolute atomic E-state index is 0.874. The summed E-state index contributed by atoms with van der Waals surface area (Å²) in [5, 5.41) is 4.92. The van der Waals surface area contributed by atoms with E-state index < -0.39 is 0 Å². The van der Waals surface area contributed by atoms with Gasteiger partial charge in [-0.3, -0.25) is 0 Å². The van der Waals surface area contributed by atoms with Crippen LogP contribution in [0.5, 0.6) is 0 Å². The van der Waals surface area contributed by atoms with Gasteiger partial charge in [0, 0.05) is 44.0 Å². The molecule has 0 unspecified atom stereocenters. The molecule has 0 aliphatic rings. The Morgan fingerprint density at radius 2 is 0.617 bits per heavy atom. The van der Waals surface area contributed by atoms with E-state index in [-0.39, 0.29) is 0 Å². The Balaban J connectivity index is 0.984. The minimum Gasteiger partial charge on any atom is -0.309 e. The van der Waals surface area contributed by atoms with Gasteiger partial charge >= 0.3 is 0 Å². The lowest BCUT2D eigenvalue weighted by molar-refractivity contribution is 1.18. The van der Waals surface area contributed by atoms with E-state index in [0.717, 1.165) is 50.4 Å². The van der Waals surface area contributed by atoms with Crippen LogP contribution in [0.25, 0.3) is 111 Å². The SMILES string of the molecule is c1ccc(-c2ccc3c(c2)c2cc(-c4ccc5c(c4)c4ccccc4n5-c4ccc(-c5nc6ccccc6nc5-c5ccccc5)cc4)ccc2n3-c2ccccc2)cc1. The number of nitrogens with zero attached hydrogens (tertiary/aromatic N) is 4. The zero-order valence-corrected chi connectivity index (χ0v) is 32.6. The second-order valence-corrected chi connectivity index (χ2v) is 15.4. The molecule has 0 atom stereocenters. The summed E-state index contributed by atoms with van der Waals surface area (Å²) in [4.78, 5) is 10.3. The molecule has 4 nitrogen and oxygen atoms in total. The van der Waals surface area contributed by atoms with Gasteiger partial charge in [-0.15, -0.1) is 0 Å². The van der Waals surface area contributed by atoms with E-state index in [2.05, 4.69) is 197 Å². The predicted molar refractivity (Wildman–Crippen MR) is 250 cm³/mol. The molecular formula is C56H36N4. The molecule has 0 spiro atoms. The second-order valence-electron chi connectivity index (χ2n) is 15.4. The van der Waals surface area contributed by atoms with Gasteiger partial charge in [0.25, 0.3) is 0 Å². The number of hydrogen-bond acceptors (Lipinski definition) is 2. The molecule has 12 aromatic rings. The molecule has 0 radical (unpaired) electrons. The van der Waals surface area contributed by atoms with E-state index in [9.17, 15) is 0 Å². The van der Waals surface area contributed by atoms with Crippen LogP contribution < -0.4 is 0 Å². The van der Waals surface area contributed by atoms with Crippen molar-refractivity contribution in [1.82, 2.24) is 19.1 Å². The quantitative estimate of drug-likeness (QED) is 0.169. The van der Waals surface area contributed by atoms with Gasteiger partial charge in [-0.05, 0) is 101 Å². The summed E-state index contributed by atoms with van der Waals surface area (Å²) in [6, 6.07) is 78.0. The number of hydrogen-bond donors (Lipinski definition) is 0. The van der Waals surface area contributed by atoms with Crippen LogP contribution in [0, 0.1) is 0 Å². The van der Waals surface area contributed by atoms with Gasteiger partial charge in [0.2, 0.25) is 0 Å². The van der Waals surface area contributed by atoms with Crippen molar-refractivity contribution in [2.24, 2.45) is 0 Å². The van der Waals surface area contributed by atoms with Crippen molar-refractivity contribution in [3.05, 3.63) is 218 Å². The molecule has 280 valence electrons. The third-order valence-electron chi connectivity index (χ3n) is 11.9. The van der Waals surface area contributed by atoms with Crippen LogP contribution in [0.3, 0.4) is 0 Å². The monoisotopic (exact) mass is 764 g/mol. The van der Waals surface area contributed by atoms with Crippen molar-refractivity contribution in [3.63, 3.8) is 0 Å². The third-order valence-corrected chi connectivity index (χ3v) is 11.9. The zero-order chi connectivity index (χ0) is 39.6. The standard InChI is InChI=1S/C56H36N4/c1-4-14-37(15-5-1)40-26-31-53-47(34-40)48-36-42(28-33-54(48)59(53)43-18-8-3-9-19-43)41-27-32-52-46(35-41)45-20-10-13-23-51(45)60(52)44-29-24-39(25-30-44)56-55(38-16-6-2-7-17-38)57-49-21-11-12-22-50(49)58-56/h1-36H. The molecule has 0 N–H and O–H groups in total. The molecule has 12 rings (SSSR count). The molecule has 0 aliphatic carbocycles. The highest BCUT2D eigenvalue weighted by atomic mass is 15.0. The fraction of sp³-hybridized carbons (Fsp3) is 0. The lowest BCUT2D eigenvalue weighted by Crippen LogP contribution is -1.97. The maximum absolute atomic E-state index is 5.15. The maximum atomic E-state index is 5.15. The third kappa shape index (κ3) is 5.53. The highest BCUT2D eigenvalue weighted by molar-refractivity contribution is 6.13. The topological polar surface area (TPSA) is 35.6 Å². The molecule has 9 aromatic carbocycles. The molecule has 0 saturated carbocycles. The van der Waals surface area contributed by atoms with Crippen LogP contribution in [0.15, 0.2) is 218 Å². The number of rotatable bonds is 6. The first-order valence-corrected chi connectivity index (χ1v) is 20.4. The second kappa shape index (κ2) is 13.8. The summed E-state index contributed by atoms with van der Waals surface area (Å²) in [7, 11) is 0. The van der Waals surface area contributed by atoms with E-state index in [1.165, 1.54) is 60.3 Å². The summed E-state index contributed by atoms with van der Waals surface area (Å²) in [5.41, 5.74) is 17.4. The molecule has 0 bridgehead atoms. The number of benzene rings is 9. The summed E-state index contributed by atoms with van der Waals surface area (Å²) < 4.78 is 4.77. The summed E-state index contributed by atoms with van der Waals surface area (Å²) in [5.74, 6) is 0. The van der Waals surface area contributed by atoms with E-state index in [1.54, 1.807) is 0 Å². The number of para-hydroxylation sites is 4. The van der Waals surface area contributed by atoms with Gasteiger partial charge in [0.05, 0.1) is 44.5 Å². The van der Waals surface area contributed by atoms with E-state index in [1.807, 2.05) is 30.3 Å². The molecule has 0 amide bonds. The largest absolute Gasteiger partial charge is 0.309 e. The van der Waals surface area contributed by atoms with Crippen molar-refractivity contribution in [2.75, 3.05) is 0 Å². The van der Waals surface area contributed by atoms with Crippen LogP contribution >= 0.6 is 0 Å². The normalized spacial score (nSPS) is 11.7.